The number of pyridine rings is 2. The molecular formula is C19H24N4O2. The van der Waals surface area contributed by atoms with Crippen molar-refractivity contribution in [1.29, 1.82) is 0 Å². The molecule has 0 bridgehead atoms. The molecule has 0 radical (unpaired) electrons. The van der Waals surface area contributed by atoms with Crippen LogP contribution in [0.15, 0.2) is 23.1 Å². The van der Waals surface area contributed by atoms with Crippen molar-refractivity contribution in [3.05, 3.63) is 39.8 Å². The monoisotopic (exact) mass is 340 g/mol. The summed E-state index contributed by atoms with van der Waals surface area (Å²) in [5.41, 5.74) is 3.17. The lowest BCUT2D eigenvalue weighted by Crippen LogP contribution is -2.50. The van der Waals surface area contributed by atoms with Gasteiger partial charge in [0.1, 0.15) is 0 Å². The van der Waals surface area contributed by atoms with E-state index < -0.39 is 0 Å². The largest absolute Gasteiger partial charge is 0.336 e. The van der Waals surface area contributed by atoms with Gasteiger partial charge in [-0.2, -0.15) is 0 Å². The van der Waals surface area contributed by atoms with Gasteiger partial charge in [-0.1, -0.05) is 6.92 Å². The molecule has 4 rings (SSSR count). The zero-order valence-electron chi connectivity index (χ0n) is 14.6. The minimum Gasteiger partial charge on any atom is -0.336 e. The molecule has 1 N–H and O–H groups in total. The lowest BCUT2D eigenvalue weighted by Gasteiger charge is -2.34. The minimum atomic E-state index is -0.0567. The lowest BCUT2D eigenvalue weighted by molar-refractivity contribution is -0.136. The Morgan fingerprint density at radius 2 is 2.08 bits per heavy atom. The number of nitrogens with zero attached hydrogens (tertiary/aromatic N) is 3. The summed E-state index contributed by atoms with van der Waals surface area (Å²) < 4.78 is 0. The van der Waals surface area contributed by atoms with Crippen molar-refractivity contribution < 1.29 is 4.79 Å². The van der Waals surface area contributed by atoms with E-state index in [9.17, 15) is 9.59 Å². The fraction of sp³-hybridized carbons (Fsp3) is 0.526. The van der Waals surface area contributed by atoms with Crippen LogP contribution in [0.5, 0.6) is 0 Å². The number of rotatable bonds is 5. The first-order valence-corrected chi connectivity index (χ1v) is 9.13. The molecule has 1 aliphatic carbocycles. The van der Waals surface area contributed by atoms with Crippen LogP contribution in [0, 0.1) is 5.92 Å². The van der Waals surface area contributed by atoms with Gasteiger partial charge in [0.15, 0.2) is 0 Å². The number of amides is 1. The maximum Gasteiger partial charge on any atom is 0.251 e. The summed E-state index contributed by atoms with van der Waals surface area (Å²) in [6, 6.07) is 3.78. The SMILES string of the molecule is CCc1cc2ncc(CN3CCN(CC4CC4)CC3=O)cc2[nH]c1=O. The molecule has 0 aromatic carbocycles. The first-order chi connectivity index (χ1) is 12.1. The van der Waals surface area contributed by atoms with Gasteiger partial charge >= 0.3 is 0 Å². The number of nitrogens with one attached hydrogen (secondary N) is 1. The minimum absolute atomic E-state index is 0.0567. The average molecular weight is 340 g/mol. The van der Waals surface area contributed by atoms with Crippen LogP contribution in [0.3, 0.4) is 0 Å². The highest BCUT2D eigenvalue weighted by Crippen LogP contribution is 2.30. The molecule has 25 heavy (non-hydrogen) atoms. The average Bonchev–Trinajstić information content (AvgIpc) is 3.40. The summed E-state index contributed by atoms with van der Waals surface area (Å²) in [4.78, 5) is 36.0. The second kappa shape index (κ2) is 6.59. The van der Waals surface area contributed by atoms with E-state index in [4.69, 9.17) is 0 Å². The Hall–Kier alpha value is -2.21. The quantitative estimate of drug-likeness (QED) is 0.896. The van der Waals surface area contributed by atoms with Crippen LogP contribution in [-0.2, 0) is 17.8 Å². The molecule has 2 aromatic rings. The number of aromatic amines is 1. The van der Waals surface area contributed by atoms with Gasteiger partial charge in [-0.3, -0.25) is 19.5 Å². The molecule has 0 atom stereocenters. The molecule has 0 spiro atoms. The van der Waals surface area contributed by atoms with E-state index in [2.05, 4.69) is 14.9 Å². The third-order valence-electron chi connectivity index (χ3n) is 5.19. The molecular weight excluding hydrogens is 316 g/mol. The molecule has 2 aliphatic rings. The van der Waals surface area contributed by atoms with E-state index in [1.165, 1.54) is 12.8 Å². The summed E-state index contributed by atoms with van der Waals surface area (Å²) >= 11 is 0. The van der Waals surface area contributed by atoms with Crippen molar-refractivity contribution in [3.8, 4) is 0 Å². The predicted octanol–water partition coefficient (Wildman–Crippen LogP) is 1.54. The van der Waals surface area contributed by atoms with Crippen LogP contribution in [0.25, 0.3) is 11.0 Å². The van der Waals surface area contributed by atoms with Crippen molar-refractivity contribution >= 4 is 16.9 Å². The number of aromatic nitrogens is 2. The summed E-state index contributed by atoms with van der Waals surface area (Å²) in [6.45, 7) is 5.80. The Labute approximate surface area is 146 Å². The zero-order chi connectivity index (χ0) is 17.4. The van der Waals surface area contributed by atoms with E-state index in [0.29, 0.717) is 19.5 Å². The third kappa shape index (κ3) is 3.58. The third-order valence-corrected chi connectivity index (χ3v) is 5.19. The van der Waals surface area contributed by atoms with Crippen LogP contribution in [-0.4, -0.2) is 51.9 Å². The first kappa shape index (κ1) is 16.3. The van der Waals surface area contributed by atoms with Crippen molar-refractivity contribution in [2.75, 3.05) is 26.2 Å². The number of hydrogen-bond acceptors (Lipinski definition) is 4. The van der Waals surface area contributed by atoms with Crippen molar-refractivity contribution in [2.24, 2.45) is 5.92 Å². The molecule has 3 heterocycles. The molecule has 1 saturated heterocycles. The van der Waals surface area contributed by atoms with Crippen LogP contribution in [0.1, 0.15) is 30.9 Å². The Bertz CT molecular complexity index is 856. The van der Waals surface area contributed by atoms with Crippen LogP contribution in [0.2, 0.25) is 0 Å². The van der Waals surface area contributed by atoms with E-state index >= 15 is 0 Å². The van der Waals surface area contributed by atoms with Gasteiger partial charge in [-0.15, -0.1) is 0 Å². The molecule has 2 fully saturated rings. The van der Waals surface area contributed by atoms with Crippen LogP contribution >= 0.6 is 0 Å². The molecule has 0 unspecified atom stereocenters. The second-order valence-corrected chi connectivity index (χ2v) is 7.25. The number of aryl methyl sites for hydroxylation is 1. The highest BCUT2D eigenvalue weighted by Gasteiger charge is 2.29. The topological polar surface area (TPSA) is 69.3 Å². The molecule has 6 heteroatoms. The fourth-order valence-corrected chi connectivity index (χ4v) is 3.48. The highest BCUT2D eigenvalue weighted by atomic mass is 16.2. The normalized spacial score (nSPS) is 18.9. The van der Waals surface area contributed by atoms with E-state index in [1.807, 2.05) is 30.2 Å². The lowest BCUT2D eigenvalue weighted by atomic mass is 10.1. The van der Waals surface area contributed by atoms with Gasteiger partial charge in [0.25, 0.3) is 5.56 Å². The van der Waals surface area contributed by atoms with Gasteiger partial charge in [-0.05, 0) is 42.9 Å². The van der Waals surface area contributed by atoms with Crippen molar-refractivity contribution in [1.82, 2.24) is 19.8 Å². The Morgan fingerprint density at radius 1 is 1.24 bits per heavy atom. The molecule has 132 valence electrons. The Balaban J connectivity index is 1.47. The summed E-state index contributed by atoms with van der Waals surface area (Å²) in [5.74, 6) is 0.996. The number of H-pyrrole nitrogens is 1. The number of carbonyl (C=O) groups excluding carboxylic acids is 1. The standard InChI is InChI=1S/C19H24N4O2/c1-2-15-8-16-17(21-19(15)25)7-14(9-20-16)11-23-6-5-22(12-18(23)24)10-13-3-4-13/h7-9,13H,2-6,10-12H2,1H3,(H,21,25). The zero-order valence-corrected chi connectivity index (χ0v) is 14.6. The Morgan fingerprint density at radius 3 is 2.80 bits per heavy atom. The van der Waals surface area contributed by atoms with Gasteiger partial charge in [0.05, 0.1) is 17.6 Å². The maximum atomic E-state index is 12.4. The van der Waals surface area contributed by atoms with Gasteiger partial charge in [0, 0.05) is 37.9 Å². The smallest absolute Gasteiger partial charge is 0.251 e. The molecule has 2 aromatic heterocycles. The Kier molecular flexibility index (Phi) is 4.29. The number of carbonyl (C=O) groups is 1. The predicted molar refractivity (Wildman–Crippen MR) is 96.3 cm³/mol. The van der Waals surface area contributed by atoms with Crippen molar-refractivity contribution in [3.63, 3.8) is 0 Å². The number of piperazine rings is 1. The maximum absolute atomic E-state index is 12.4. The van der Waals surface area contributed by atoms with E-state index in [-0.39, 0.29) is 11.5 Å². The molecule has 1 aliphatic heterocycles. The van der Waals surface area contributed by atoms with Gasteiger partial charge in [0.2, 0.25) is 5.91 Å². The van der Waals surface area contributed by atoms with Gasteiger partial charge in [-0.25, -0.2) is 0 Å². The molecule has 1 saturated carbocycles. The number of fused-ring (bicyclic) bond motifs is 1. The van der Waals surface area contributed by atoms with Gasteiger partial charge < -0.3 is 9.88 Å². The van der Waals surface area contributed by atoms with Crippen LogP contribution < -0.4 is 5.56 Å². The molecule has 1 amide bonds. The second-order valence-electron chi connectivity index (χ2n) is 7.25. The molecule has 6 nitrogen and oxygen atoms in total. The summed E-state index contributed by atoms with van der Waals surface area (Å²) in [7, 11) is 0. The van der Waals surface area contributed by atoms with Crippen molar-refractivity contribution in [2.45, 2.75) is 32.7 Å². The van der Waals surface area contributed by atoms with E-state index in [1.54, 1.807) is 0 Å². The van der Waals surface area contributed by atoms with Crippen LogP contribution in [0.4, 0.5) is 0 Å². The highest BCUT2D eigenvalue weighted by molar-refractivity contribution is 5.79. The summed E-state index contributed by atoms with van der Waals surface area (Å²) in [6.07, 6.45) is 5.13. The van der Waals surface area contributed by atoms with E-state index in [0.717, 1.165) is 47.7 Å². The first-order valence-electron chi connectivity index (χ1n) is 9.13. The summed E-state index contributed by atoms with van der Waals surface area (Å²) in [5, 5.41) is 0. The fourth-order valence-electron chi connectivity index (χ4n) is 3.48. The number of hydrogen-bond donors (Lipinski definition) is 1.